The number of rotatable bonds is 7. The normalized spacial score (nSPS) is 10.6. The molecule has 0 bridgehead atoms. The first-order chi connectivity index (χ1) is 9.34. The summed E-state index contributed by atoms with van der Waals surface area (Å²) in [5.74, 6) is 0. The van der Waals surface area contributed by atoms with Gasteiger partial charge in [-0.1, -0.05) is 54.1 Å². The highest BCUT2D eigenvalue weighted by Crippen LogP contribution is 2.11. The number of ether oxygens (including phenoxy) is 1. The fourth-order valence-corrected chi connectivity index (χ4v) is 2.00. The quantitative estimate of drug-likeness (QED) is 0.779. The maximum atomic E-state index is 5.91. The van der Waals surface area contributed by atoms with Crippen molar-refractivity contribution in [3.63, 3.8) is 0 Å². The largest absolute Gasteiger partial charge is 0.375 e. The summed E-state index contributed by atoms with van der Waals surface area (Å²) in [7, 11) is 0. The third kappa shape index (κ3) is 5.43. The van der Waals surface area contributed by atoms with Crippen molar-refractivity contribution in [2.24, 2.45) is 0 Å². The van der Waals surface area contributed by atoms with Crippen LogP contribution >= 0.6 is 11.6 Å². The van der Waals surface area contributed by atoms with Crippen molar-refractivity contribution < 1.29 is 4.74 Å². The van der Waals surface area contributed by atoms with Crippen LogP contribution in [0.5, 0.6) is 0 Å². The number of halogens is 1. The van der Waals surface area contributed by atoms with Crippen molar-refractivity contribution >= 4 is 11.6 Å². The average Bonchev–Trinajstić information content (AvgIpc) is 2.44. The summed E-state index contributed by atoms with van der Waals surface area (Å²) in [6.45, 7) is 3.02. The van der Waals surface area contributed by atoms with Gasteiger partial charge in [0, 0.05) is 18.1 Å². The Kier molecular flexibility index (Phi) is 5.89. The second-order valence-electron chi connectivity index (χ2n) is 4.34. The van der Waals surface area contributed by atoms with E-state index in [1.807, 2.05) is 42.5 Å². The monoisotopic (exact) mass is 275 g/mol. The molecule has 0 atom stereocenters. The molecule has 0 saturated carbocycles. The van der Waals surface area contributed by atoms with Gasteiger partial charge in [0.25, 0.3) is 0 Å². The molecule has 0 fully saturated rings. The summed E-state index contributed by atoms with van der Waals surface area (Å²) in [6, 6.07) is 18.1. The van der Waals surface area contributed by atoms with Crippen molar-refractivity contribution in [1.82, 2.24) is 5.32 Å². The highest BCUT2D eigenvalue weighted by molar-refractivity contribution is 6.30. The molecule has 0 heterocycles. The van der Waals surface area contributed by atoms with Crippen LogP contribution < -0.4 is 5.32 Å². The molecule has 19 heavy (non-hydrogen) atoms. The third-order valence-electron chi connectivity index (χ3n) is 2.75. The smallest absolute Gasteiger partial charge is 0.0718 e. The molecule has 2 aromatic carbocycles. The molecule has 1 N–H and O–H groups in total. The molecule has 0 radical (unpaired) electrons. The predicted octanol–water partition coefficient (Wildman–Crippen LogP) is 3.65. The minimum absolute atomic E-state index is 0.605. The van der Waals surface area contributed by atoms with E-state index in [-0.39, 0.29) is 0 Å². The van der Waals surface area contributed by atoms with Crippen molar-refractivity contribution in [2.75, 3.05) is 13.2 Å². The van der Waals surface area contributed by atoms with Crippen molar-refractivity contribution in [3.05, 3.63) is 70.7 Å². The first-order valence-electron chi connectivity index (χ1n) is 6.41. The minimum Gasteiger partial charge on any atom is -0.375 e. The maximum Gasteiger partial charge on any atom is 0.0718 e. The molecule has 0 spiro atoms. The van der Waals surface area contributed by atoms with Crippen LogP contribution in [0.3, 0.4) is 0 Å². The van der Waals surface area contributed by atoms with Crippen molar-refractivity contribution in [1.29, 1.82) is 0 Å². The first kappa shape index (κ1) is 14.1. The molecule has 100 valence electrons. The molecule has 0 amide bonds. The van der Waals surface area contributed by atoms with E-state index in [0.29, 0.717) is 13.2 Å². The van der Waals surface area contributed by atoms with Crippen molar-refractivity contribution in [3.8, 4) is 0 Å². The van der Waals surface area contributed by atoms with Gasteiger partial charge in [-0.25, -0.2) is 0 Å². The zero-order valence-corrected chi connectivity index (χ0v) is 11.6. The summed E-state index contributed by atoms with van der Waals surface area (Å²) in [4.78, 5) is 0. The molecular weight excluding hydrogens is 258 g/mol. The molecule has 0 aliphatic rings. The van der Waals surface area contributed by atoms with Gasteiger partial charge in [-0.2, -0.15) is 0 Å². The Labute approximate surface area is 119 Å². The van der Waals surface area contributed by atoms with Gasteiger partial charge >= 0.3 is 0 Å². The van der Waals surface area contributed by atoms with E-state index in [1.54, 1.807) is 0 Å². The van der Waals surface area contributed by atoms with Crippen LogP contribution in [0.4, 0.5) is 0 Å². The standard InChI is InChI=1S/C16H18ClNO/c17-16-8-4-7-15(11-16)13-19-10-9-18-12-14-5-2-1-3-6-14/h1-8,11,18H,9-10,12-13H2. The van der Waals surface area contributed by atoms with Crippen LogP contribution in [0.25, 0.3) is 0 Å². The summed E-state index contributed by atoms with van der Waals surface area (Å²) in [5.41, 5.74) is 2.40. The van der Waals surface area contributed by atoms with Crippen LogP contribution in [-0.4, -0.2) is 13.2 Å². The van der Waals surface area contributed by atoms with Crippen LogP contribution in [0.1, 0.15) is 11.1 Å². The van der Waals surface area contributed by atoms with Gasteiger partial charge in [-0.05, 0) is 23.3 Å². The fraction of sp³-hybridized carbons (Fsp3) is 0.250. The lowest BCUT2D eigenvalue weighted by Crippen LogP contribution is -2.19. The topological polar surface area (TPSA) is 21.3 Å². The van der Waals surface area contributed by atoms with Gasteiger partial charge in [0.15, 0.2) is 0 Å². The number of benzene rings is 2. The van der Waals surface area contributed by atoms with Crippen LogP contribution in [-0.2, 0) is 17.9 Å². The second-order valence-corrected chi connectivity index (χ2v) is 4.78. The van der Waals surface area contributed by atoms with Gasteiger partial charge in [-0.15, -0.1) is 0 Å². The highest BCUT2D eigenvalue weighted by atomic mass is 35.5. The van der Waals surface area contributed by atoms with E-state index in [4.69, 9.17) is 16.3 Å². The molecule has 3 heteroatoms. The zero-order valence-electron chi connectivity index (χ0n) is 10.8. The van der Waals surface area contributed by atoms with Crippen molar-refractivity contribution in [2.45, 2.75) is 13.2 Å². The Hall–Kier alpha value is -1.35. The summed E-state index contributed by atoms with van der Waals surface area (Å²) < 4.78 is 5.59. The third-order valence-corrected chi connectivity index (χ3v) is 2.99. The maximum absolute atomic E-state index is 5.91. The van der Waals surface area contributed by atoms with E-state index in [2.05, 4.69) is 17.4 Å². The van der Waals surface area contributed by atoms with Gasteiger partial charge < -0.3 is 10.1 Å². The number of nitrogens with one attached hydrogen (secondary N) is 1. The molecule has 0 aliphatic carbocycles. The van der Waals surface area contributed by atoms with Gasteiger partial charge in [-0.3, -0.25) is 0 Å². The predicted molar refractivity (Wildman–Crippen MR) is 79.3 cm³/mol. The Morgan fingerprint density at radius 1 is 0.947 bits per heavy atom. The van der Waals surface area contributed by atoms with Crippen LogP contribution in [0, 0.1) is 0 Å². The van der Waals surface area contributed by atoms with Crippen LogP contribution in [0.15, 0.2) is 54.6 Å². The summed E-state index contributed by atoms with van der Waals surface area (Å²) in [5, 5.41) is 4.10. The molecule has 2 rings (SSSR count). The number of hydrogen-bond donors (Lipinski definition) is 1. The van der Waals surface area contributed by atoms with Gasteiger partial charge in [0.1, 0.15) is 0 Å². The average molecular weight is 276 g/mol. The van der Waals surface area contributed by atoms with E-state index < -0.39 is 0 Å². The van der Waals surface area contributed by atoms with E-state index in [0.717, 1.165) is 23.7 Å². The van der Waals surface area contributed by atoms with Crippen LogP contribution in [0.2, 0.25) is 5.02 Å². The molecule has 0 aliphatic heterocycles. The van der Waals surface area contributed by atoms with E-state index in [9.17, 15) is 0 Å². The fourth-order valence-electron chi connectivity index (χ4n) is 1.79. The molecular formula is C16H18ClNO. The SMILES string of the molecule is Clc1cccc(COCCNCc2ccccc2)c1. The lowest BCUT2D eigenvalue weighted by atomic mass is 10.2. The molecule has 0 unspecified atom stereocenters. The summed E-state index contributed by atoms with van der Waals surface area (Å²) in [6.07, 6.45) is 0. The second kappa shape index (κ2) is 7.95. The molecule has 0 saturated heterocycles. The Morgan fingerprint density at radius 3 is 2.53 bits per heavy atom. The highest BCUT2D eigenvalue weighted by Gasteiger charge is 1.95. The Balaban J connectivity index is 1.58. The number of hydrogen-bond acceptors (Lipinski definition) is 2. The van der Waals surface area contributed by atoms with E-state index >= 15 is 0 Å². The molecule has 2 aromatic rings. The lowest BCUT2D eigenvalue weighted by Gasteiger charge is -2.06. The Bertz CT molecular complexity index is 487. The molecule has 2 nitrogen and oxygen atoms in total. The minimum atomic E-state index is 0.605. The lowest BCUT2D eigenvalue weighted by molar-refractivity contribution is 0.122. The first-order valence-corrected chi connectivity index (χ1v) is 6.79. The molecule has 0 aromatic heterocycles. The van der Waals surface area contributed by atoms with Gasteiger partial charge in [0.2, 0.25) is 0 Å². The van der Waals surface area contributed by atoms with E-state index in [1.165, 1.54) is 5.56 Å². The summed E-state index contributed by atoms with van der Waals surface area (Å²) >= 11 is 5.91. The van der Waals surface area contributed by atoms with Gasteiger partial charge in [0.05, 0.1) is 13.2 Å². The zero-order chi connectivity index (χ0) is 13.3. The Morgan fingerprint density at radius 2 is 1.74 bits per heavy atom.